The van der Waals surface area contributed by atoms with Gasteiger partial charge in [-0.1, -0.05) is 25.1 Å². The van der Waals surface area contributed by atoms with Crippen molar-refractivity contribution in [3.8, 4) is 0 Å². The molecule has 0 radical (unpaired) electrons. The molecule has 4 fully saturated rings. The third-order valence-corrected chi connectivity index (χ3v) is 10.6. The summed E-state index contributed by atoms with van der Waals surface area (Å²) in [5.74, 6) is -1.23. The molecule has 0 saturated carbocycles. The van der Waals surface area contributed by atoms with Crippen LogP contribution in [-0.2, 0) is 19.1 Å². The number of unbranched alkanes of at least 4 members (excludes halogenated alkanes) is 1. The van der Waals surface area contributed by atoms with E-state index < -0.39 is 22.6 Å². The van der Waals surface area contributed by atoms with Gasteiger partial charge in [-0.25, -0.2) is 0 Å². The number of carbonyl (C=O) groups is 3. The lowest BCUT2D eigenvalue weighted by Gasteiger charge is -2.38. The Morgan fingerprint density at radius 1 is 1.14 bits per heavy atom. The molecule has 3 unspecified atom stereocenters. The molecule has 0 aromatic heterocycles. The van der Waals surface area contributed by atoms with Crippen molar-refractivity contribution in [2.45, 2.75) is 42.2 Å². The zero-order valence-corrected chi connectivity index (χ0v) is 22.3. The van der Waals surface area contributed by atoms with Gasteiger partial charge in [0.2, 0.25) is 17.7 Å². The quantitative estimate of drug-likeness (QED) is 0.390. The number of hydrogen-bond acceptors (Lipinski definition) is 7. The zero-order chi connectivity index (χ0) is 26.0. The Morgan fingerprint density at radius 3 is 2.62 bits per heavy atom. The minimum Gasteiger partial charge on any atom is -0.396 e. The standard InChI is InChI=1S/C27H38N4O5S/c1-18-17-20-21(24(33)29-19-7-3-2-4-8-19)22-26(35)31(10-5-6-14-32)23(27(18,22)37-20)25(34)28-9-11-30-12-15-36-16-13-30/h2-4,7-8,18,20-23,32H,5-6,9-17H2,1H3,(H,28,34)(H,29,33)/t18?,20-,21+,22-,23?,27?/m0/s1. The number of rotatable bonds is 10. The number of aliphatic hydroxyl groups is 1. The molecule has 3 N–H and O–H groups in total. The van der Waals surface area contributed by atoms with Crippen molar-refractivity contribution in [3.05, 3.63) is 30.3 Å². The average molecular weight is 531 g/mol. The van der Waals surface area contributed by atoms with Gasteiger partial charge in [-0.3, -0.25) is 19.3 Å². The second kappa shape index (κ2) is 11.3. The van der Waals surface area contributed by atoms with E-state index in [0.29, 0.717) is 44.8 Å². The number of anilines is 1. The number of nitrogens with one attached hydrogen (secondary N) is 2. The van der Waals surface area contributed by atoms with Crippen molar-refractivity contribution in [2.75, 3.05) is 57.9 Å². The van der Waals surface area contributed by atoms with Crippen molar-refractivity contribution in [1.82, 2.24) is 15.1 Å². The van der Waals surface area contributed by atoms with Crippen LogP contribution in [0, 0.1) is 17.8 Å². The maximum atomic E-state index is 14.0. The molecule has 37 heavy (non-hydrogen) atoms. The summed E-state index contributed by atoms with van der Waals surface area (Å²) >= 11 is 1.69. The zero-order valence-electron chi connectivity index (χ0n) is 21.4. The van der Waals surface area contributed by atoms with Crippen LogP contribution in [0.5, 0.6) is 0 Å². The highest BCUT2D eigenvalue weighted by atomic mass is 32.2. The second-order valence-corrected chi connectivity index (χ2v) is 12.2. The molecule has 4 aliphatic heterocycles. The second-order valence-electron chi connectivity index (χ2n) is 10.6. The van der Waals surface area contributed by atoms with Gasteiger partial charge in [-0.2, -0.15) is 0 Å². The molecule has 1 aromatic rings. The Morgan fingerprint density at radius 2 is 1.89 bits per heavy atom. The van der Waals surface area contributed by atoms with Crippen LogP contribution in [0.15, 0.2) is 30.3 Å². The number of thioether (sulfide) groups is 1. The number of carbonyl (C=O) groups excluding carboxylic acids is 3. The van der Waals surface area contributed by atoms with Crippen LogP contribution in [0.2, 0.25) is 0 Å². The molecule has 2 bridgehead atoms. The molecular formula is C27H38N4O5S. The van der Waals surface area contributed by atoms with E-state index in [0.717, 1.165) is 26.1 Å². The van der Waals surface area contributed by atoms with Crippen LogP contribution in [-0.4, -0.2) is 101 Å². The Hall–Kier alpha value is -2.14. The normalized spacial score (nSPS) is 33.0. The topological polar surface area (TPSA) is 111 Å². The number of ether oxygens (including phenoxy) is 1. The lowest BCUT2D eigenvalue weighted by molar-refractivity contribution is -0.139. The number of amides is 3. The number of hydrogen-bond donors (Lipinski definition) is 3. The summed E-state index contributed by atoms with van der Waals surface area (Å²) in [6.45, 7) is 6.94. The van der Waals surface area contributed by atoms with Gasteiger partial charge in [0.15, 0.2) is 0 Å². The molecule has 4 heterocycles. The number of aliphatic hydroxyl groups excluding tert-OH is 1. The van der Waals surface area contributed by atoms with Crippen molar-refractivity contribution in [3.63, 3.8) is 0 Å². The highest BCUT2D eigenvalue weighted by Gasteiger charge is 2.75. The molecule has 10 heteroatoms. The van der Waals surface area contributed by atoms with Gasteiger partial charge in [0.05, 0.1) is 29.8 Å². The summed E-state index contributed by atoms with van der Waals surface area (Å²) in [5.41, 5.74) is 0.713. The molecule has 3 amide bonds. The van der Waals surface area contributed by atoms with E-state index in [1.54, 1.807) is 16.7 Å². The monoisotopic (exact) mass is 530 g/mol. The number of morpholine rings is 1. The Labute approximate surface area is 222 Å². The summed E-state index contributed by atoms with van der Waals surface area (Å²) in [6.07, 6.45) is 1.99. The predicted molar refractivity (Wildman–Crippen MR) is 142 cm³/mol. The third kappa shape index (κ3) is 4.89. The fourth-order valence-electron chi connectivity index (χ4n) is 6.76. The summed E-state index contributed by atoms with van der Waals surface area (Å²) in [4.78, 5) is 45.3. The first-order chi connectivity index (χ1) is 18.0. The Balaban J connectivity index is 1.37. The highest BCUT2D eigenvalue weighted by Crippen LogP contribution is 2.68. The van der Waals surface area contributed by atoms with Gasteiger partial charge in [-0.15, -0.1) is 11.8 Å². The third-order valence-electron chi connectivity index (χ3n) is 8.48. The van der Waals surface area contributed by atoms with Crippen molar-refractivity contribution in [1.29, 1.82) is 0 Å². The van der Waals surface area contributed by atoms with Crippen LogP contribution >= 0.6 is 11.8 Å². The fraction of sp³-hybridized carbons (Fsp3) is 0.667. The largest absolute Gasteiger partial charge is 0.396 e. The number of benzene rings is 1. The molecule has 0 aliphatic carbocycles. The molecule has 202 valence electrons. The van der Waals surface area contributed by atoms with Gasteiger partial charge in [0.1, 0.15) is 6.04 Å². The SMILES string of the molecule is CC1C[C@@H]2SC13C(C(=O)NCCN1CCOCC1)N(CCCCO)C(=O)[C@@H]3[C@@H]2C(=O)Nc1ccccc1. The fourth-order valence-corrected chi connectivity index (χ4v) is 9.18. The van der Waals surface area contributed by atoms with E-state index in [1.807, 2.05) is 30.3 Å². The summed E-state index contributed by atoms with van der Waals surface area (Å²) in [6, 6.07) is 8.71. The lowest BCUT2D eigenvalue weighted by atomic mass is 9.66. The number of para-hydroxylation sites is 1. The average Bonchev–Trinajstić information content (AvgIpc) is 3.49. The van der Waals surface area contributed by atoms with Crippen LogP contribution in [0.3, 0.4) is 0 Å². The van der Waals surface area contributed by atoms with Crippen LogP contribution in [0.1, 0.15) is 26.2 Å². The Kier molecular flexibility index (Phi) is 8.09. The molecule has 1 spiro atoms. The van der Waals surface area contributed by atoms with E-state index in [2.05, 4.69) is 22.5 Å². The summed E-state index contributed by atoms with van der Waals surface area (Å²) in [5, 5.41) is 15.5. The van der Waals surface area contributed by atoms with Crippen LogP contribution in [0.4, 0.5) is 5.69 Å². The first-order valence-corrected chi connectivity index (χ1v) is 14.4. The van der Waals surface area contributed by atoms with E-state index in [4.69, 9.17) is 4.74 Å². The first kappa shape index (κ1) is 26.5. The Bertz CT molecular complexity index is 990. The molecule has 6 atom stereocenters. The lowest BCUT2D eigenvalue weighted by Crippen LogP contribution is -2.57. The minimum atomic E-state index is -0.622. The van der Waals surface area contributed by atoms with E-state index in [1.165, 1.54) is 0 Å². The highest BCUT2D eigenvalue weighted by molar-refractivity contribution is 8.02. The maximum absolute atomic E-state index is 14.0. The number of fused-ring (bicyclic) bond motifs is 1. The van der Waals surface area contributed by atoms with Gasteiger partial charge in [0, 0.05) is 50.3 Å². The van der Waals surface area contributed by atoms with Gasteiger partial charge < -0.3 is 25.4 Å². The van der Waals surface area contributed by atoms with Crippen molar-refractivity contribution >= 4 is 35.2 Å². The van der Waals surface area contributed by atoms with E-state index >= 15 is 0 Å². The summed E-state index contributed by atoms with van der Waals surface area (Å²) < 4.78 is 4.79. The van der Waals surface area contributed by atoms with Crippen LogP contribution in [0.25, 0.3) is 0 Å². The smallest absolute Gasteiger partial charge is 0.244 e. The van der Waals surface area contributed by atoms with Crippen LogP contribution < -0.4 is 10.6 Å². The molecule has 5 rings (SSSR count). The number of likely N-dealkylation sites (tertiary alicyclic amines) is 1. The number of nitrogens with zero attached hydrogens (tertiary/aromatic N) is 2. The first-order valence-electron chi connectivity index (χ1n) is 13.5. The molecular weight excluding hydrogens is 492 g/mol. The molecule has 9 nitrogen and oxygen atoms in total. The predicted octanol–water partition coefficient (Wildman–Crippen LogP) is 1.18. The molecule has 1 aromatic carbocycles. The van der Waals surface area contributed by atoms with E-state index in [9.17, 15) is 19.5 Å². The van der Waals surface area contributed by atoms with Crippen molar-refractivity contribution in [2.24, 2.45) is 17.8 Å². The van der Waals surface area contributed by atoms with Crippen molar-refractivity contribution < 1.29 is 24.2 Å². The molecule has 4 saturated heterocycles. The van der Waals surface area contributed by atoms with E-state index in [-0.39, 0.29) is 35.5 Å². The molecule has 4 aliphatic rings. The maximum Gasteiger partial charge on any atom is 0.244 e. The van der Waals surface area contributed by atoms with Gasteiger partial charge in [0.25, 0.3) is 0 Å². The van der Waals surface area contributed by atoms with Gasteiger partial charge >= 0.3 is 0 Å². The summed E-state index contributed by atoms with van der Waals surface area (Å²) in [7, 11) is 0. The minimum absolute atomic E-state index is 0.0101. The van der Waals surface area contributed by atoms with Gasteiger partial charge in [-0.05, 0) is 37.3 Å².